The van der Waals surface area contributed by atoms with E-state index < -0.39 is 17.3 Å². The van der Waals surface area contributed by atoms with E-state index in [-0.39, 0.29) is 12.5 Å². The van der Waals surface area contributed by atoms with Gasteiger partial charge in [0.15, 0.2) is 0 Å². The largest absolute Gasteiger partial charge is 0.480 e. The average Bonchev–Trinajstić information content (AvgIpc) is 2.28. The summed E-state index contributed by atoms with van der Waals surface area (Å²) in [5.74, 6) is -1.56. The Balaban J connectivity index is 2.70. The van der Waals surface area contributed by atoms with Crippen LogP contribution in [-0.4, -0.2) is 36.7 Å². The highest BCUT2D eigenvalue weighted by Gasteiger charge is 2.43. The lowest BCUT2D eigenvalue weighted by Gasteiger charge is -2.30. The van der Waals surface area contributed by atoms with Gasteiger partial charge in [0.2, 0.25) is 5.91 Å². The molecule has 1 heterocycles. The molecule has 0 aromatic carbocycles. The Kier molecular flexibility index (Phi) is 4.29. The molecule has 0 aliphatic carbocycles. The molecule has 0 bridgehead atoms. The van der Waals surface area contributed by atoms with E-state index in [1.54, 1.807) is 0 Å². The fraction of sp³-hybridized carbons (Fsp3) is 0.818. The van der Waals surface area contributed by atoms with Gasteiger partial charge < -0.3 is 15.2 Å². The number of nitrogens with one attached hydrogen (secondary N) is 1. The third-order valence-corrected chi connectivity index (χ3v) is 3.11. The smallest absolute Gasteiger partial charge is 0.319 e. The molecule has 0 spiro atoms. The van der Waals surface area contributed by atoms with E-state index in [1.165, 1.54) is 14.0 Å². The second kappa shape index (κ2) is 5.30. The molecule has 1 aliphatic heterocycles. The van der Waals surface area contributed by atoms with Gasteiger partial charge in [0.1, 0.15) is 5.41 Å². The summed E-state index contributed by atoms with van der Waals surface area (Å²) in [5, 5.41) is 11.5. The first-order chi connectivity index (χ1) is 7.50. The van der Waals surface area contributed by atoms with Crippen molar-refractivity contribution in [2.75, 3.05) is 13.7 Å². The van der Waals surface area contributed by atoms with Crippen molar-refractivity contribution in [3.05, 3.63) is 0 Å². The van der Waals surface area contributed by atoms with Crippen LogP contribution in [0.15, 0.2) is 0 Å². The summed E-state index contributed by atoms with van der Waals surface area (Å²) >= 11 is 0. The van der Waals surface area contributed by atoms with Crippen LogP contribution in [-0.2, 0) is 14.3 Å². The summed E-state index contributed by atoms with van der Waals surface area (Å²) in [5.41, 5.74) is -1.39. The van der Waals surface area contributed by atoms with Crippen LogP contribution in [0.1, 0.15) is 32.6 Å². The minimum absolute atomic E-state index is 0.118. The number of carboxylic acids is 1. The molecular weight excluding hydrogens is 210 g/mol. The molecule has 5 heteroatoms. The van der Waals surface area contributed by atoms with Crippen molar-refractivity contribution in [1.29, 1.82) is 0 Å². The molecule has 1 rings (SSSR count). The van der Waals surface area contributed by atoms with E-state index in [2.05, 4.69) is 5.32 Å². The number of ether oxygens (including phenoxy) is 1. The third kappa shape index (κ3) is 2.72. The maximum atomic E-state index is 11.6. The minimum atomic E-state index is -1.39. The van der Waals surface area contributed by atoms with Crippen molar-refractivity contribution in [3.8, 4) is 0 Å². The highest BCUT2D eigenvalue weighted by molar-refractivity contribution is 6.01. The molecule has 2 unspecified atom stereocenters. The second-order valence-corrected chi connectivity index (χ2v) is 4.41. The Morgan fingerprint density at radius 2 is 2.19 bits per heavy atom. The molecule has 0 saturated carbocycles. The first-order valence-corrected chi connectivity index (χ1v) is 5.58. The summed E-state index contributed by atoms with van der Waals surface area (Å²) in [6.07, 6.45) is 3.00. The van der Waals surface area contributed by atoms with Gasteiger partial charge in [-0.3, -0.25) is 9.59 Å². The van der Waals surface area contributed by atoms with Crippen LogP contribution < -0.4 is 5.32 Å². The van der Waals surface area contributed by atoms with Crippen LogP contribution in [0.4, 0.5) is 0 Å². The quantitative estimate of drug-likeness (QED) is 0.699. The van der Waals surface area contributed by atoms with Crippen LogP contribution in [0.2, 0.25) is 0 Å². The standard InChI is InChI=1S/C11H19NO4/c1-11(10(14)15,9(13)12-2)7-8-5-3-4-6-16-8/h8H,3-7H2,1-2H3,(H,12,13)(H,14,15). The fourth-order valence-corrected chi connectivity index (χ4v) is 1.98. The van der Waals surface area contributed by atoms with Crippen LogP contribution >= 0.6 is 0 Å². The molecule has 16 heavy (non-hydrogen) atoms. The molecule has 5 nitrogen and oxygen atoms in total. The Bertz CT molecular complexity index is 273. The topological polar surface area (TPSA) is 75.6 Å². The summed E-state index contributed by atoms with van der Waals surface area (Å²) in [7, 11) is 1.45. The lowest BCUT2D eigenvalue weighted by molar-refractivity contribution is -0.158. The monoisotopic (exact) mass is 229 g/mol. The van der Waals surface area contributed by atoms with Crippen molar-refractivity contribution in [1.82, 2.24) is 5.32 Å². The molecule has 2 N–H and O–H groups in total. The summed E-state index contributed by atoms with van der Waals surface area (Å²) < 4.78 is 5.48. The van der Waals surface area contributed by atoms with E-state index >= 15 is 0 Å². The number of carbonyl (C=O) groups is 2. The SMILES string of the molecule is CNC(=O)C(C)(CC1CCCCO1)C(=O)O. The molecule has 1 saturated heterocycles. The molecule has 0 aromatic heterocycles. The van der Waals surface area contributed by atoms with Crippen molar-refractivity contribution >= 4 is 11.9 Å². The number of amides is 1. The predicted octanol–water partition coefficient (Wildman–Crippen LogP) is 0.782. The Morgan fingerprint density at radius 3 is 2.62 bits per heavy atom. The number of carbonyl (C=O) groups excluding carboxylic acids is 1. The Labute approximate surface area is 95.2 Å². The highest BCUT2D eigenvalue weighted by Crippen LogP contribution is 2.29. The number of hydrogen-bond donors (Lipinski definition) is 2. The van der Waals surface area contributed by atoms with E-state index in [0.717, 1.165) is 19.3 Å². The normalized spacial score (nSPS) is 24.5. The van der Waals surface area contributed by atoms with E-state index in [9.17, 15) is 9.59 Å². The van der Waals surface area contributed by atoms with E-state index in [4.69, 9.17) is 9.84 Å². The molecule has 92 valence electrons. The first-order valence-electron chi connectivity index (χ1n) is 5.58. The summed E-state index contributed by atoms with van der Waals surface area (Å²) in [6, 6.07) is 0. The van der Waals surface area contributed by atoms with Crippen molar-refractivity contribution in [2.24, 2.45) is 5.41 Å². The molecule has 1 aliphatic rings. The van der Waals surface area contributed by atoms with Gasteiger partial charge in [0.05, 0.1) is 6.10 Å². The number of hydrogen-bond acceptors (Lipinski definition) is 3. The van der Waals surface area contributed by atoms with Gasteiger partial charge in [-0.1, -0.05) is 0 Å². The Hall–Kier alpha value is -1.10. The van der Waals surface area contributed by atoms with Gasteiger partial charge in [-0.25, -0.2) is 0 Å². The third-order valence-electron chi connectivity index (χ3n) is 3.11. The summed E-state index contributed by atoms with van der Waals surface area (Å²) in [4.78, 5) is 22.8. The van der Waals surface area contributed by atoms with Gasteiger partial charge in [0, 0.05) is 13.7 Å². The number of carboxylic acid groups (broad SMARTS) is 1. The zero-order chi connectivity index (χ0) is 12.2. The molecule has 0 aromatic rings. The van der Waals surface area contributed by atoms with Gasteiger partial charge in [-0.05, 0) is 32.6 Å². The Morgan fingerprint density at radius 1 is 1.50 bits per heavy atom. The first kappa shape index (κ1) is 13.0. The van der Waals surface area contributed by atoms with Gasteiger partial charge >= 0.3 is 5.97 Å². The van der Waals surface area contributed by atoms with E-state index in [0.29, 0.717) is 6.61 Å². The predicted molar refractivity (Wildman–Crippen MR) is 58.0 cm³/mol. The number of aliphatic carboxylic acids is 1. The zero-order valence-electron chi connectivity index (χ0n) is 9.78. The van der Waals surface area contributed by atoms with E-state index in [1.807, 2.05) is 0 Å². The molecule has 2 atom stereocenters. The highest BCUT2D eigenvalue weighted by atomic mass is 16.5. The van der Waals surface area contributed by atoms with Gasteiger partial charge in [-0.2, -0.15) is 0 Å². The molecule has 1 amide bonds. The fourth-order valence-electron chi connectivity index (χ4n) is 1.98. The van der Waals surface area contributed by atoms with Crippen molar-refractivity contribution in [3.63, 3.8) is 0 Å². The molecule has 1 fully saturated rings. The lowest BCUT2D eigenvalue weighted by atomic mass is 9.82. The zero-order valence-corrected chi connectivity index (χ0v) is 9.78. The van der Waals surface area contributed by atoms with Crippen LogP contribution in [0.5, 0.6) is 0 Å². The van der Waals surface area contributed by atoms with Crippen molar-refractivity contribution < 1.29 is 19.4 Å². The summed E-state index contributed by atoms with van der Waals surface area (Å²) in [6.45, 7) is 2.11. The van der Waals surface area contributed by atoms with Gasteiger partial charge in [0.25, 0.3) is 0 Å². The molecule has 0 radical (unpaired) electrons. The number of rotatable bonds is 4. The van der Waals surface area contributed by atoms with Crippen molar-refractivity contribution in [2.45, 2.75) is 38.7 Å². The molecular formula is C11H19NO4. The van der Waals surface area contributed by atoms with Crippen LogP contribution in [0.25, 0.3) is 0 Å². The lowest BCUT2D eigenvalue weighted by Crippen LogP contribution is -2.46. The van der Waals surface area contributed by atoms with Gasteiger partial charge in [-0.15, -0.1) is 0 Å². The minimum Gasteiger partial charge on any atom is -0.480 e. The average molecular weight is 229 g/mol. The van der Waals surface area contributed by atoms with Crippen LogP contribution in [0.3, 0.4) is 0 Å². The van der Waals surface area contributed by atoms with Crippen LogP contribution in [0, 0.1) is 5.41 Å². The second-order valence-electron chi connectivity index (χ2n) is 4.41. The maximum absolute atomic E-state index is 11.6. The maximum Gasteiger partial charge on any atom is 0.319 e.